The lowest BCUT2D eigenvalue weighted by Crippen LogP contribution is -2.14. The number of para-hydroxylation sites is 1. The fourth-order valence-corrected chi connectivity index (χ4v) is 8.31. The third-order valence-electron chi connectivity index (χ3n) is 11.3. The molecule has 0 aliphatic rings. The molecule has 0 saturated carbocycles. The van der Waals surface area contributed by atoms with Gasteiger partial charge in [0.2, 0.25) is 0 Å². The number of pyridine rings is 1. The Morgan fingerprint density at radius 2 is 1.17 bits per heavy atom. The van der Waals surface area contributed by atoms with E-state index >= 15 is 0 Å². The lowest BCUT2D eigenvalue weighted by atomic mass is 9.81. The molecule has 4 nitrogen and oxygen atoms in total. The molecule has 59 heavy (non-hydrogen) atoms. The van der Waals surface area contributed by atoms with E-state index in [0.717, 1.165) is 72.5 Å². The molecule has 0 bridgehead atoms. The topological polar surface area (TPSA) is 50.9 Å². The molecule has 288 valence electrons. The van der Waals surface area contributed by atoms with Crippen LogP contribution in [0.2, 0.25) is 0 Å². The third-order valence-corrected chi connectivity index (χ3v) is 11.3. The molecule has 1 N–H and O–H groups in total. The molecule has 9 rings (SSSR count). The fourth-order valence-electron chi connectivity index (χ4n) is 8.31. The van der Waals surface area contributed by atoms with Crippen LogP contribution in [0.5, 0.6) is 5.75 Å². The standard InChI is InChI=1S/C55H47N3O/c1-35-20-22-39(23-21-35)41-26-27-56-50(33-41)44-31-42(38-14-9-7-10-15-38)30-43(32-44)47-18-13-19-51-52(47)57-54(48-29-36(2)28-37(3)53(48)59)58(51)45-24-25-46(40-16-11-8-12-17-40)49(34-45)55(4,5)6/h7-34,59H,1-6H3. The number of aromatic hydroxyl groups is 1. The van der Waals surface area contributed by atoms with Gasteiger partial charge in [0.1, 0.15) is 11.6 Å². The summed E-state index contributed by atoms with van der Waals surface area (Å²) >= 11 is 0. The molecule has 0 saturated heterocycles. The summed E-state index contributed by atoms with van der Waals surface area (Å²) < 4.78 is 2.23. The number of phenols is 1. The molecule has 4 heteroatoms. The second-order valence-electron chi connectivity index (χ2n) is 16.7. The van der Waals surface area contributed by atoms with Crippen molar-refractivity contribution in [2.24, 2.45) is 0 Å². The lowest BCUT2D eigenvalue weighted by molar-refractivity contribution is 0.472. The fraction of sp³-hybridized carbons (Fsp3) is 0.127. The van der Waals surface area contributed by atoms with Crippen molar-refractivity contribution >= 4 is 11.0 Å². The van der Waals surface area contributed by atoms with Gasteiger partial charge in [-0.25, -0.2) is 4.98 Å². The van der Waals surface area contributed by atoms with E-state index in [-0.39, 0.29) is 11.2 Å². The number of aromatic nitrogens is 3. The van der Waals surface area contributed by atoms with Gasteiger partial charge in [0.15, 0.2) is 0 Å². The largest absolute Gasteiger partial charge is 0.507 e. The Hall–Kier alpha value is -7.04. The van der Waals surface area contributed by atoms with Crippen molar-refractivity contribution in [1.82, 2.24) is 14.5 Å². The van der Waals surface area contributed by atoms with Gasteiger partial charge in [0.05, 0.1) is 22.3 Å². The molecule has 7 aromatic carbocycles. The zero-order valence-corrected chi connectivity index (χ0v) is 34.5. The van der Waals surface area contributed by atoms with E-state index in [1.165, 1.54) is 22.3 Å². The van der Waals surface area contributed by atoms with Crippen LogP contribution in [0.1, 0.15) is 43.0 Å². The predicted octanol–water partition coefficient (Wildman–Crippen LogP) is 14.4. The molecule has 0 radical (unpaired) electrons. The Morgan fingerprint density at radius 3 is 1.90 bits per heavy atom. The molecule has 9 aromatic rings. The molecule has 0 aliphatic heterocycles. The van der Waals surface area contributed by atoms with Crippen molar-refractivity contribution in [3.05, 3.63) is 192 Å². The summed E-state index contributed by atoms with van der Waals surface area (Å²) in [7, 11) is 0. The molecule has 0 unspecified atom stereocenters. The highest BCUT2D eigenvalue weighted by molar-refractivity contribution is 5.98. The summed E-state index contributed by atoms with van der Waals surface area (Å²) in [5.41, 5.74) is 18.5. The zero-order chi connectivity index (χ0) is 40.8. The quantitative estimate of drug-likeness (QED) is 0.176. The van der Waals surface area contributed by atoms with Gasteiger partial charge in [-0.3, -0.25) is 9.55 Å². The number of rotatable bonds is 7. The van der Waals surface area contributed by atoms with Crippen molar-refractivity contribution in [3.8, 4) is 78.6 Å². The van der Waals surface area contributed by atoms with Crippen LogP contribution in [0.4, 0.5) is 0 Å². The van der Waals surface area contributed by atoms with Crippen molar-refractivity contribution in [3.63, 3.8) is 0 Å². The summed E-state index contributed by atoms with van der Waals surface area (Å²) in [4.78, 5) is 10.4. The van der Waals surface area contributed by atoms with Crippen molar-refractivity contribution in [2.75, 3.05) is 0 Å². The highest BCUT2D eigenvalue weighted by atomic mass is 16.3. The first-order valence-corrected chi connectivity index (χ1v) is 20.3. The van der Waals surface area contributed by atoms with E-state index in [0.29, 0.717) is 11.4 Å². The number of phenolic OH excluding ortho intramolecular Hbond substituents is 1. The summed E-state index contributed by atoms with van der Waals surface area (Å²) in [5.74, 6) is 0.925. The van der Waals surface area contributed by atoms with Crippen LogP contribution in [-0.2, 0) is 5.41 Å². The average molecular weight is 766 g/mol. The van der Waals surface area contributed by atoms with Crippen molar-refractivity contribution < 1.29 is 5.11 Å². The highest BCUT2D eigenvalue weighted by Gasteiger charge is 2.25. The van der Waals surface area contributed by atoms with Gasteiger partial charge in [-0.2, -0.15) is 0 Å². The molecule has 0 amide bonds. The molecular formula is C55H47N3O. The zero-order valence-electron chi connectivity index (χ0n) is 34.5. The number of imidazole rings is 1. The van der Waals surface area contributed by atoms with E-state index < -0.39 is 0 Å². The first-order chi connectivity index (χ1) is 28.5. The van der Waals surface area contributed by atoms with Gasteiger partial charge in [-0.15, -0.1) is 0 Å². The van der Waals surface area contributed by atoms with Gasteiger partial charge in [-0.05, 0) is 136 Å². The number of aryl methyl sites for hydroxylation is 3. The highest BCUT2D eigenvalue weighted by Crippen LogP contribution is 2.42. The van der Waals surface area contributed by atoms with E-state index in [4.69, 9.17) is 9.97 Å². The second-order valence-corrected chi connectivity index (χ2v) is 16.7. The van der Waals surface area contributed by atoms with Crippen LogP contribution >= 0.6 is 0 Å². The molecule has 0 fully saturated rings. The van der Waals surface area contributed by atoms with Gasteiger partial charge in [-0.1, -0.05) is 136 Å². The number of hydrogen-bond donors (Lipinski definition) is 1. The normalized spacial score (nSPS) is 11.6. The smallest absolute Gasteiger partial charge is 0.149 e. The molecule has 0 spiro atoms. The van der Waals surface area contributed by atoms with Gasteiger partial charge in [0.25, 0.3) is 0 Å². The predicted molar refractivity (Wildman–Crippen MR) is 246 cm³/mol. The van der Waals surface area contributed by atoms with E-state index in [1.54, 1.807) is 0 Å². The van der Waals surface area contributed by atoms with Gasteiger partial charge < -0.3 is 5.11 Å². The monoisotopic (exact) mass is 765 g/mol. The summed E-state index contributed by atoms with van der Waals surface area (Å²) in [6.45, 7) is 12.9. The Kier molecular flexibility index (Phi) is 9.57. The minimum absolute atomic E-state index is 0.149. The molecule has 2 aromatic heterocycles. The average Bonchev–Trinajstić information content (AvgIpc) is 3.65. The van der Waals surface area contributed by atoms with Crippen LogP contribution in [-0.4, -0.2) is 19.6 Å². The number of benzene rings is 7. The SMILES string of the molecule is Cc1ccc(-c2ccnc(-c3cc(-c4ccccc4)cc(-c4cccc5c4nc(-c4cc(C)cc(C)c4O)n5-c4ccc(-c5ccccc5)c(C(C)(C)C)c4)c3)c2)cc1. The Labute approximate surface area is 347 Å². The van der Waals surface area contributed by atoms with Crippen molar-refractivity contribution in [1.29, 1.82) is 0 Å². The number of hydrogen-bond acceptors (Lipinski definition) is 3. The minimum atomic E-state index is -0.149. The van der Waals surface area contributed by atoms with Crippen LogP contribution in [0.3, 0.4) is 0 Å². The van der Waals surface area contributed by atoms with Crippen LogP contribution < -0.4 is 0 Å². The third kappa shape index (κ3) is 7.23. The summed E-state index contributed by atoms with van der Waals surface area (Å²) in [6, 6.07) is 58.0. The summed E-state index contributed by atoms with van der Waals surface area (Å²) in [5, 5.41) is 11.7. The molecule has 2 heterocycles. The maximum absolute atomic E-state index is 11.7. The van der Waals surface area contributed by atoms with Crippen LogP contribution in [0, 0.1) is 20.8 Å². The molecule has 0 atom stereocenters. The maximum Gasteiger partial charge on any atom is 0.149 e. The summed E-state index contributed by atoms with van der Waals surface area (Å²) in [6.07, 6.45) is 1.90. The van der Waals surface area contributed by atoms with Crippen molar-refractivity contribution in [2.45, 2.75) is 47.0 Å². The lowest BCUT2D eigenvalue weighted by Gasteiger charge is -2.25. The maximum atomic E-state index is 11.7. The molecular weight excluding hydrogens is 719 g/mol. The van der Waals surface area contributed by atoms with Gasteiger partial charge in [0, 0.05) is 23.0 Å². The van der Waals surface area contributed by atoms with Crippen LogP contribution in [0.15, 0.2) is 170 Å². The van der Waals surface area contributed by atoms with E-state index in [1.807, 2.05) is 25.3 Å². The number of nitrogens with zero attached hydrogens (tertiary/aromatic N) is 3. The second kappa shape index (κ2) is 15.0. The van der Waals surface area contributed by atoms with Gasteiger partial charge >= 0.3 is 0 Å². The Balaban J connectivity index is 1.29. The first-order valence-electron chi connectivity index (χ1n) is 20.3. The van der Waals surface area contributed by atoms with E-state index in [2.05, 4.69) is 191 Å². The van der Waals surface area contributed by atoms with E-state index in [9.17, 15) is 5.11 Å². The van der Waals surface area contributed by atoms with Crippen LogP contribution in [0.25, 0.3) is 83.9 Å². The minimum Gasteiger partial charge on any atom is -0.507 e. The first kappa shape index (κ1) is 37.5. The number of fused-ring (bicyclic) bond motifs is 1. The Bertz CT molecular complexity index is 2990. The Morgan fingerprint density at radius 1 is 0.492 bits per heavy atom. The molecule has 0 aliphatic carbocycles.